The number of nitrogens with zero attached hydrogens (tertiary/aromatic N) is 1. The van der Waals surface area contributed by atoms with Gasteiger partial charge < -0.3 is 15.0 Å². The summed E-state index contributed by atoms with van der Waals surface area (Å²) in [5, 5.41) is 15.2. The fourth-order valence-corrected chi connectivity index (χ4v) is 3.34. The molecule has 25 heavy (non-hydrogen) atoms. The number of pyridine rings is 1. The van der Waals surface area contributed by atoms with Gasteiger partial charge in [-0.2, -0.15) is 0 Å². The number of Topliss-reactive ketones (excluding diaryl/α,β-unsaturated/α-hetero) is 1. The molecule has 0 saturated carbocycles. The predicted octanol–water partition coefficient (Wildman–Crippen LogP) is 2.29. The molecule has 3 rings (SSSR count). The molecule has 2 N–H and O–H groups in total. The van der Waals surface area contributed by atoms with Crippen molar-refractivity contribution in [1.29, 1.82) is 0 Å². The Morgan fingerprint density at radius 1 is 1.28 bits per heavy atom. The number of amides is 1. The van der Waals surface area contributed by atoms with Crippen molar-refractivity contribution in [2.75, 3.05) is 6.54 Å². The van der Waals surface area contributed by atoms with Gasteiger partial charge in [0, 0.05) is 17.3 Å². The minimum atomic E-state index is -0.766. The molecule has 3 aromatic rings. The molecular weight excluding hydrogens is 340 g/mol. The highest BCUT2D eigenvalue weighted by Gasteiger charge is 2.21. The zero-order valence-corrected chi connectivity index (χ0v) is 14.5. The highest BCUT2D eigenvalue weighted by atomic mass is 32.1. The molecule has 2 aromatic heterocycles. The number of thiophene rings is 1. The van der Waals surface area contributed by atoms with Crippen molar-refractivity contribution in [1.82, 2.24) is 9.88 Å². The predicted molar refractivity (Wildman–Crippen MR) is 97.2 cm³/mol. The Morgan fingerprint density at radius 3 is 2.68 bits per heavy atom. The second kappa shape index (κ2) is 6.52. The first-order valence-electron chi connectivity index (χ1n) is 7.57. The fraction of sp³-hybridized carbons (Fsp3) is 0.167. The topological polar surface area (TPSA) is 88.4 Å². The summed E-state index contributed by atoms with van der Waals surface area (Å²) in [6.45, 7) is 1.13. The summed E-state index contributed by atoms with van der Waals surface area (Å²) in [5.41, 5.74) is 0.469. The van der Waals surface area contributed by atoms with Gasteiger partial charge in [-0.05, 0) is 36.1 Å². The van der Waals surface area contributed by atoms with Crippen LogP contribution in [0.5, 0.6) is 5.75 Å². The van der Waals surface area contributed by atoms with Crippen molar-refractivity contribution >= 4 is 33.9 Å². The number of aromatic nitrogens is 1. The lowest BCUT2D eigenvalue weighted by molar-refractivity contribution is -0.116. The number of aromatic hydroxyl groups is 1. The highest BCUT2D eigenvalue weighted by Crippen LogP contribution is 2.31. The largest absolute Gasteiger partial charge is 0.506 e. The lowest BCUT2D eigenvalue weighted by Crippen LogP contribution is -2.34. The number of benzene rings is 1. The third kappa shape index (κ3) is 3.06. The molecule has 0 unspecified atom stereocenters. The Balaban J connectivity index is 2.16. The van der Waals surface area contributed by atoms with E-state index in [2.05, 4.69) is 5.32 Å². The van der Waals surface area contributed by atoms with Crippen molar-refractivity contribution in [3.63, 3.8) is 0 Å². The summed E-state index contributed by atoms with van der Waals surface area (Å²) >= 11 is 1.57. The van der Waals surface area contributed by atoms with E-state index in [1.54, 1.807) is 30.5 Å². The summed E-state index contributed by atoms with van der Waals surface area (Å²) in [5.74, 6) is -1.39. The molecule has 0 atom stereocenters. The summed E-state index contributed by atoms with van der Waals surface area (Å²) in [6.07, 6.45) is 0. The van der Waals surface area contributed by atoms with Gasteiger partial charge in [0.05, 0.1) is 12.1 Å². The lowest BCUT2D eigenvalue weighted by Gasteiger charge is -2.12. The molecule has 0 saturated heterocycles. The Morgan fingerprint density at radius 2 is 2.04 bits per heavy atom. The molecule has 128 valence electrons. The van der Waals surface area contributed by atoms with Crippen LogP contribution in [0.4, 0.5) is 0 Å². The van der Waals surface area contributed by atoms with Crippen LogP contribution in [0.2, 0.25) is 0 Å². The number of rotatable bonds is 4. The van der Waals surface area contributed by atoms with Gasteiger partial charge in [-0.1, -0.05) is 12.1 Å². The average molecular weight is 356 g/mol. The molecule has 0 aliphatic carbocycles. The fourth-order valence-electron chi connectivity index (χ4n) is 2.62. The van der Waals surface area contributed by atoms with Crippen LogP contribution in [0, 0.1) is 0 Å². The van der Waals surface area contributed by atoms with E-state index in [9.17, 15) is 19.5 Å². The lowest BCUT2D eigenvalue weighted by atomic mass is 10.1. The van der Waals surface area contributed by atoms with E-state index < -0.39 is 11.5 Å². The summed E-state index contributed by atoms with van der Waals surface area (Å²) in [7, 11) is 1.55. The Hall–Kier alpha value is -2.93. The highest BCUT2D eigenvalue weighted by molar-refractivity contribution is 7.13. The third-order valence-electron chi connectivity index (χ3n) is 3.90. The monoisotopic (exact) mass is 356 g/mol. The number of hydrogen-bond donors (Lipinski definition) is 2. The van der Waals surface area contributed by atoms with E-state index in [1.165, 1.54) is 11.5 Å². The molecule has 0 bridgehead atoms. The van der Waals surface area contributed by atoms with Crippen molar-refractivity contribution in [3.8, 4) is 16.2 Å². The van der Waals surface area contributed by atoms with Crippen molar-refractivity contribution in [2.24, 2.45) is 7.05 Å². The summed E-state index contributed by atoms with van der Waals surface area (Å²) < 4.78 is 1.33. The van der Waals surface area contributed by atoms with Crippen LogP contribution in [0.25, 0.3) is 21.3 Å². The standard InChI is InChI=1S/C18H16N2O4S/c1-10(21)9-19-17(23)15-16(22)12-6-5-11(14-4-3-7-25-14)8-13(12)20(2)18(15)24/h3-8,22H,9H2,1-2H3,(H,19,23). The van der Waals surface area contributed by atoms with Crippen molar-refractivity contribution in [2.45, 2.75) is 6.92 Å². The van der Waals surface area contributed by atoms with Crippen molar-refractivity contribution in [3.05, 3.63) is 51.6 Å². The minimum Gasteiger partial charge on any atom is -0.506 e. The second-order valence-electron chi connectivity index (χ2n) is 5.68. The normalized spacial score (nSPS) is 10.8. The molecule has 1 amide bonds. The number of ketones is 1. The van der Waals surface area contributed by atoms with E-state index in [4.69, 9.17) is 0 Å². The maximum Gasteiger partial charge on any atom is 0.267 e. The van der Waals surface area contributed by atoms with Crippen LogP contribution in [-0.4, -0.2) is 27.9 Å². The molecule has 0 aliphatic heterocycles. The smallest absolute Gasteiger partial charge is 0.267 e. The molecule has 0 aliphatic rings. The van der Waals surface area contributed by atoms with E-state index in [1.807, 2.05) is 23.6 Å². The van der Waals surface area contributed by atoms with Crippen LogP contribution < -0.4 is 10.9 Å². The van der Waals surface area contributed by atoms with Gasteiger partial charge in [0.1, 0.15) is 17.1 Å². The first kappa shape index (κ1) is 16.9. The zero-order chi connectivity index (χ0) is 18.1. The van der Waals surface area contributed by atoms with Gasteiger partial charge in [-0.3, -0.25) is 14.4 Å². The van der Waals surface area contributed by atoms with Crippen LogP contribution >= 0.6 is 11.3 Å². The SMILES string of the molecule is CC(=O)CNC(=O)c1c(O)c2ccc(-c3cccs3)cc2n(C)c1=O. The van der Waals surface area contributed by atoms with Crippen LogP contribution in [-0.2, 0) is 11.8 Å². The third-order valence-corrected chi connectivity index (χ3v) is 4.82. The number of fused-ring (bicyclic) bond motifs is 1. The minimum absolute atomic E-state index is 0.198. The van der Waals surface area contributed by atoms with Gasteiger partial charge in [-0.15, -0.1) is 11.3 Å². The summed E-state index contributed by atoms with van der Waals surface area (Å²) in [6, 6.07) is 9.21. The average Bonchev–Trinajstić information content (AvgIpc) is 3.12. The Kier molecular flexibility index (Phi) is 4.41. The Labute approximate surface area is 147 Å². The molecule has 0 radical (unpaired) electrons. The number of nitrogens with one attached hydrogen (secondary N) is 1. The van der Waals surface area contributed by atoms with Crippen LogP contribution in [0.1, 0.15) is 17.3 Å². The number of carbonyl (C=O) groups excluding carboxylic acids is 2. The number of hydrogen-bond acceptors (Lipinski definition) is 5. The number of carbonyl (C=O) groups is 2. The zero-order valence-electron chi connectivity index (χ0n) is 13.7. The maximum atomic E-state index is 12.5. The first-order chi connectivity index (χ1) is 11.9. The number of aryl methyl sites for hydroxylation is 1. The molecule has 2 heterocycles. The quantitative estimate of drug-likeness (QED) is 0.751. The van der Waals surface area contributed by atoms with E-state index >= 15 is 0 Å². The van der Waals surface area contributed by atoms with Crippen molar-refractivity contribution < 1.29 is 14.7 Å². The second-order valence-corrected chi connectivity index (χ2v) is 6.63. The maximum absolute atomic E-state index is 12.5. The molecular formula is C18H16N2O4S. The molecule has 0 spiro atoms. The van der Waals surface area contributed by atoms with E-state index in [0.717, 1.165) is 10.4 Å². The van der Waals surface area contributed by atoms with Crippen LogP contribution in [0.3, 0.4) is 0 Å². The van der Waals surface area contributed by atoms with Gasteiger partial charge >= 0.3 is 0 Å². The van der Waals surface area contributed by atoms with Gasteiger partial charge in [0.2, 0.25) is 0 Å². The van der Waals surface area contributed by atoms with E-state index in [-0.39, 0.29) is 23.6 Å². The van der Waals surface area contributed by atoms with Crippen LogP contribution in [0.15, 0.2) is 40.5 Å². The van der Waals surface area contributed by atoms with Gasteiger partial charge in [0.25, 0.3) is 11.5 Å². The molecule has 7 heteroatoms. The van der Waals surface area contributed by atoms with Gasteiger partial charge in [-0.25, -0.2) is 0 Å². The van der Waals surface area contributed by atoms with E-state index in [0.29, 0.717) is 10.9 Å². The summed E-state index contributed by atoms with van der Waals surface area (Å²) in [4.78, 5) is 36.8. The molecule has 6 nitrogen and oxygen atoms in total. The van der Waals surface area contributed by atoms with Gasteiger partial charge in [0.15, 0.2) is 0 Å². The molecule has 1 aromatic carbocycles. The Bertz CT molecular complexity index is 1040. The first-order valence-corrected chi connectivity index (χ1v) is 8.45. The molecule has 0 fully saturated rings.